The van der Waals surface area contributed by atoms with Gasteiger partial charge in [-0.1, -0.05) is 25.7 Å². The van der Waals surface area contributed by atoms with E-state index in [1.807, 2.05) is 0 Å². The second-order valence-corrected chi connectivity index (χ2v) is 6.50. The molecule has 2 amide bonds. The van der Waals surface area contributed by atoms with Crippen molar-refractivity contribution >= 4 is 23.5 Å². The highest BCUT2D eigenvalue weighted by Crippen LogP contribution is 2.37. The first-order chi connectivity index (χ1) is 10.4. The average Bonchev–Trinajstić information content (AvgIpc) is 2.68. The second kappa shape index (κ2) is 7.76. The summed E-state index contributed by atoms with van der Waals surface area (Å²) in [5.41, 5.74) is -3.82. The minimum atomic E-state index is -4.30. The fourth-order valence-corrected chi connectivity index (χ4v) is 3.06. The van der Waals surface area contributed by atoms with Crippen LogP contribution in [0.1, 0.15) is 38.5 Å². The maximum Gasteiger partial charge on any atom is 0.446 e. The maximum atomic E-state index is 12.2. The molecule has 0 bridgehead atoms. The Kier molecular flexibility index (Phi) is 5.99. The minimum Gasteiger partial charge on any atom is -0.335 e. The van der Waals surface area contributed by atoms with Gasteiger partial charge in [0.1, 0.15) is 0 Å². The van der Waals surface area contributed by atoms with Crippen LogP contribution >= 0.6 is 11.8 Å². The van der Waals surface area contributed by atoms with E-state index in [4.69, 9.17) is 0 Å². The molecule has 0 unspecified atom stereocenters. The normalized spacial score (nSPS) is 16.9. The molecule has 1 aromatic carbocycles. The van der Waals surface area contributed by atoms with E-state index in [0.29, 0.717) is 5.69 Å². The Labute approximate surface area is 132 Å². The number of hydrogen-bond donors (Lipinski definition) is 2. The Balaban J connectivity index is 1.83. The van der Waals surface area contributed by atoms with Crippen LogP contribution in [0.15, 0.2) is 29.2 Å². The van der Waals surface area contributed by atoms with E-state index < -0.39 is 5.51 Å². The van der Waals surface area contributed by atoms with Gasteiger partial charge in [0, 0.05) is 16.6 Å². The number of carbonyl (C=O) groups is 1. The summed E-state index contributed by atoms with van der Waals surface area (Å²) in [6, 6.07) is 5.52. The molecule has 0 saturated heterocycles. The number of halogens is 3. The molecule has 22 heavy (non-hydrogen) atoms. The number of alkyl halides is 3. The van der Waals surface area contributed by atoms with Crippen molar-refractivity contribution in [2.24, 2.45) is 0 Å². The van der Waals surface area contributed by atoms with Crippen LogP contribution in [-0.4, -0.2) is 17.6 Å². The van der Waals surface area contributed by atoms with Crippen molar-refractivity contribution in [2.45, 2.75) is 55.0 Å². The molecule has 1 saturated carbocycles. The highest BCUT2D eigenvalue weighted by atomic mass is 32.2. The molecule has 7 heteroatoms. The van der Waals surface area contributed by atoms with E-state index in [0.717, 1.165) is 25.7 Å². The highest BCUT2D eigenvalue weighted by molar-refractivity contribution is 8.00. The Morgan fingerprint density at radius 2 is 1.64 bits per heavy atom. The van der Waals surface area contributed by atoms with Crippen molar-refractivity contribution in [3.63, 3.8) is 0 Å². The van der Waals surface area contributed by atoms with Crippen LogP contribution < -0.4 is 10.6 Å². The van der Waals surface area contributed by atoms with Gasteiger partial charge in [0.25, 0.3) is 0 Å². The zero-order chi connectivity index (χ0) is 16.0. The number of thioether (sulfide) groups is 1. The smallest absolute Gasteiger partial charge is 0.335 e. The van der Waals surface area contributed by atoms with E-state index in [1.54, 1.807) is 0 Å². The van der Waals surface area contributed by atoms with Crippen LogP contribution in [0.2, 0.25) is 0 Å². The number of hydrogen-bond acceptors (Lipinski definition) is 2. The molecule has 1 aliphatic rings. The Morgan fingerprint density at radius 1 is 1.05 bits per heavy atom. The number of benzene rings is 1. The topological polar surface area (TPSA) is 41.1 Å². The molecule has 0 aliphatic heterocycles. The summed E-state index contributed by atoms with van der Waals surface area (Å²) in [5.74, 6) is 0. The fourth-order valence-electron chi connectivity index (χ4n) is 2.52. The first kappa shape index (κ1) is 17.0. The summed E-state index contributed by atoms with van der Waals surface area (Å²) in [4.78, 5) is 12.0. The zero-order valence-electron chi connectivity index (χ0n) is 12.1. The van der Waals surface area contributed by atoms with Crippen molar-refractivity contribution in [2.75, 3.05) is 5.32 Å². The van der Waals surface area contributed by atoms with Crippen LogP contribution in [0.25, 0.3) is 0 Å². The Hall–Kier alpha value is -1.37. The monoisotopic (exact) mass is 332 g/mol. The molecule has 122 valence electrons. The zero-order valence-corrected chi connectivity index (χ0v) is 12.9. The lowest BCUT2D eigenvalue weighted by Gasteiger charge is -2.16. The molecule has 3 nitrogen and oxygen atoms in total. The van der Waals surface area contributed by atoms with Crippen LogP contribution in [0, 0.1) is 0 Å². The van der Waals surface area contributed by atoms with E-state index >= 15 is 0 Å². The van der Waals surface area contributed by atoms with Gasteiger partial charge in [0.2, 0.25) is 0 Å². The molecule has 0 heterocycles. The summed E-state index contributed by atoms with van der Waals surface area (Å²) in [5, 5.41) is 5.58. The molecule has 1 fully saturated rings. The molecule has 1 aliphatic carbocycles. The molecule has 2 N–H and O–H groups in total. The van der Waals surface area contributed by atoms with Gasteiger partial charge >= 0.3 is 11.5 Å². The van der Waals surface area contributed by atoms with Crippen molar-refractivity contribution < 1.29 is 18.0 Å². The minimum absolute atomic E-state index is 0.0993. The van der Waals surface area contributed by atoms with Crippen molar-refractivity contribution in [3.05, 3.63) is 24.3 Å². The van der Waals surface area contributed by atoms with Gasteiger partial charge in [-0.2, -0.15) is 13.2 Å². The number of nitrogens with one attached hydrogen (secondary N) is 2. The predicted octanol–water partition coefficient (Wildman–Crippen LogP) is 5.14. The lowest BCUT2D eigenvalue weighted by atomic mass is 10.1. The third kappa shape index (κ3) is 6.17. The summed E-state index contributed by atoms with van der Waals surface area (Å²) >= 11 is -0.169. The van der Waals surface area contributed by atoms with E-state index in [1.165, 1.54) is 37.1 Å². The fraction of sp³-hybridized carbons (Fsp3) is 0.533. The van der Waals surface area contributed by atoms with Gasteiger partial charge in [-0.15, -0.1) is 0 Å². The van der Waals surface area contributed by atoms with Crippen molar-refractivity contribution in [3.8, 4) is 0 Å². The van der Waals surface area contributed by atoms with Gasteiger partial charge in [-0.05, 0) is 48.9 Å². The molecule has 2 rings (SSSR count). The largest absolute Gasteiger partial charge is 0.446 e. The number of urea groups is 1. The lowest BCUT2D eigenvalue weighted by Crippen LogP contribution is -2.37. The van der Waals surface area contributed by atoms with E-state index in [2.05, 4.69) is 10.6 Å². The predicted molar refractivity (Wildman–Crippen MR) is 82.0 cm³/mol. The van der Waals surface area contributed by atoms with E-state index in [-0.39, 0.29) is 28.7 Å². The Bertz CT molecular complexity index is 483. The third-order valence-electron chi connectivity index (χ3n) is 3.54. The standard InChI is InChI=1S/C15H19F3N2OS/c16-15(17,18)22-13-9-7-12(8-10-13)20-14(21)19-11-5-3-1-2-4-6-11/h7-11H,1-6H2,(H2,19,20,21). The first-order valence-electron chi connectivity index (χ1n) is 7.36. The lowest BCUT2D eigenvalue weighted by molar-refractivity contribution is -0.0328. The van der Waals surface area contributed by atoms with Gasteiger partial charge in [-0.3, -0.25) is 0 Å². The molecule has 0 atom stereocenters. The van der Waals surface area contributed by atoms with Gasteiger partial charge < -0.3 is 10.6 Å². The van der Waals surface area contributed by atoms with Crippen LogP contribution in [0.3, 0.4) is 0 Å². The van der Waals surface area contributed by atoms with Crippen molar-refractivity contribution in [1.29, 1.82) is 0 Å². The molecular weight excluding hydrogens is 313 g/mol. The SMILES string of the molecule is O=C(Nc1ccc(SC(F)(F)F)cc1)NC1CCCCCC1. The number of amides is 2. The van der Waals surface area contributed by atoms with Crippen LogP contribution in [0.4, 0.5) is 23.7 Å². The number of carbonyl (C=O) groups excluding carboxylic acids is 1. The average molecular weight is 332 g/mol. The van der Waals surface area contributed by atoms with Crippen LogP contribution in [0.5, 0.6) is 0 Å². The molecule has 0 spiro atoms. The first-order valence-corrected chi connectivity index (χ1v) is 8.17. The number of rotatable bonds is 3. The highest BCUT2D eigenvalue weighted by Gasteiger charge is 2.29. The van der Waals surface area contributed by atoms with Crippen molar-refractivity contribution in [1.82, 2.24) is 5.32 Å². The Morgan fingerprint density at radius 3 is 2.18 bits per heavy atom. The molecule has 0 radical (unpaired) electrons. The quantitative estimate of drug-likeness (QED) is 0.594. The van der Waals surface area contributed by atoms with Gasteiger partial charge in [0.05, 0.1) is 0 Å². The molecule has 0 aromatic heterocycles. The maximum absolute atomic E-state index is 12.2. The summed E-state index contributed by atoms with van der Waals surface area (Å²) in [6.45, 7) is 0. The van der Waals surface area contributed by atoms with E-state index in [9.17, 15) is 18.0 Å². The molecular formula is C15H19F3N2OS. The summed E-state index contributed by atoms with van der Waals surface area (Å²) in [7, 11) is 0. The van der Waals surface area contributed by atoms with Gasteiger partial charge in [0.15, 0.2) is 0 Å². The van der Waals surface area contributed by atoms with Crippen LogP contribution in [-0.2, 0) is 0 Å². The third-order valence-corrected chi connectivity index (χ3v) is 4.28. The summed E-state index contributed by atoms with van der Waals surface area (Å²) < 4.78 is 36.7. The summed E-state index contributed by atoms with van der Waals surface area (Å²) in [6.07, 6.45) is 6.61. The molecule has 1 aromatic rings. The second-order valence-electron chi connectivity index (χ2n) is 5.36. The van der Waals surface area contributed by atoms with Gasteiger partial charge in [-0.25, -0.2) is 4.79 Å². The number of anilines is 1.